The zero-order chi connectivity index (χ0) is 12.7. The Morgan fingerprint density at radius 2 is 1.88 bits per heavy atom. The summed E-state index contributed by atoms with van der Waals surface area (Å²) >= 11 is 0. The molecule has 3 nitrogen and oxygen atoms in total. The maximum Gasteiger partial charge on any atom is 0.322 e. The Balaban J connectivity index is 2.44. The van der Waals surface area contributed by atoms with Gasteiger partial charge in [-0.1, -0.05) is 32.6 Å². The zero-order valence-corrected chi connectivity index (χ0v) is 11.5. The fraction of sp³-hybridized carbons (Fsp3) is 0.929. The van der Waals surface area contributed by atoms with Crippen LogP contribution in [0.5, 0.6) is 0 Å². The summed E-state index contributed by atoms with van der Waals surface area (Å²) in [5.41, 5.74) is 0. The molecule has 1 saturated carbocycles. The van der Waals surface area contributed by atoms with Gasteiger partial charge in [-0.25, -0.2) is 0 Å². The minimum absolute atomic E-state index is 0.132. The molecule has 0 heterocycles. The standard InChI is InChI=1S/C14H27NO2/c1-4-13(14(16)17-3)15-11(2)12-9-7-5-6-8-10-12/h11-13,15H,4-10H2,1-3H3/t11-,13?/m0/s1. The van der Waals surface area contributed by atoms with E-state index in [9.17, 15) is 4.79 Å². The highest BCUT2D eigenvalue weighted by atomic mass is 16.5. The van der Waals surface area contributed by atoms with Crippen LogP contribution in [0.15, 0.2) is 0 Å². The summed E-state index contributed by atoms with van der Waals surface area (Å²) in [6, 6.07) is 0.274. The second kappa shape index (κ2) is 7.70. The van der Waals surface area contributed by atoms with Crippen LogP contribution < -0.4 is 5.32 Å². The van der Waals surface area contributed by atoms with Gasteiger partial charge in [-0.2, -0.15) is 0 Å². The molecular weight excluding hydrogens is 214 g/mol. The number of ether oxygens (including phenoxy) is 1. The summed E-state index contributed by atoms with van der Waals surface area (Å²) in [6.07, 6.45) is 8.81. The summed E-state index contributed by atoms with van der Waals surface area (Å²) in [6.45, 7) is 4.23. The lowest BCUT2D eigenvalue weighted by Gasteiger charge is -2.27. The summed E-state index contributed by atoms with van der Waals surface area (Å²) < 4.78 is 4.81. The maximum absolute atomic E-state index is 11.5. The van der Waals surface area contributed by atoms with Crippen LogP contribution in [0.1, 0.15) is 58.8 Å². The van der Waals surface area contributed by atoms with Gasteiger partial charge in [0.2, 0.25) is 0 Å². The van der Waals surface area contributed by atoms with E-state index in [1.165, 1.54) is 45.6 Å². The monoisotopic (exact) mass is 241 g/mol. The number of carbonyl (C=O) groups excluding carboxylic acids is 1. The first-order chi connectivity index (χ1) is 8.19. The van der Waals surface area contributed by atoms with Crippen LogP contribution >= 0.6 is 0 Å². The van der Waals surface area contributed by atoms with E-state index in [2.05, 4.69) is 12.2 Å². The molecule has 2 atom stereocenters. The van der Waals surface area contributed by atoms with Crippen molar-refractivity contribution >= 4 is 5.97 Å². The highest BCUT2D eigenvalue weighted by molar-refractivity contribution is 5.75. The Morgan fingerprint density at radius 3 is 2.35 bits per heavy atom. The van der Waals surface area contributed by atoms with Gasteiger partial charge in [0.05, 0.1) is 7.11 Å². The van der Waals surface area contributed by atoms with Crippen molar-refractivity contribution in [3.05, 3.63) is 0 Å². The lowest BCUT2D eigenvalue weighted by molar-refractivity contribution is -0.143. The molecule has 0 aromatic heterocycles. The number of hydrogen-bond acceptors (Lipinski definition) is 3. The summed E-state index contributed by atoms with van der Waals surface area (Å²) in [5.74, 6) is 0.587. The van der Waals surface area contributed by atoms with Gasteiger partial charge in [0.25, 0.3) is 0 Å². The van der Waals surface area contributed by atoms with Gasteiger partial charge in [-0.3, -0.25) is 4.79 Å². The summed E-state index contributed by atoms with van der Waals surface area (Å²) in [4.78, 5) is 11.5. The number of rotatable bonds is 5. The highest BCUT2D eigenvalue weighted by Gasteiger charge is 2.24. The second-order valence-corrected chi connectivity index (χ2v) is 5.19. The van der Waals surface area contributed by atoms with Crippen molar-refractivity contribution in [3.8, 4) is 0 Å². The molecule has 3 heteroatoms. The van der Waals surface area contributed by atoms with Gasteiger partial charge in [0.15, 0.2) is 0 Å². The van der Waals surface area contributed by atoms with Crippen LogP contribution in [0.2, 0.25) is 0 Å². The van der Waals surface area contributed by atoms with Crippen LogP contribution in [-0.2, 0) is 9.53 Å². The fourth-order valence-electron chi connectivity index (χ4n) is 2.76. The quantitative estimate of drug-likeness (QED) is 0.594. The SMILES string of the molecule is CCC(N[C@@H](C)C1CCCCCC1)C(=O)OC. The van der Waals surface area contributed by atoms with Crippen LogP contribution in [0.25, 0.3) is 0 Å². The van der Waals surface area contributed by atoms with Gasteiger partial charge < -0.3 is 10.1 Å². The Kier molecular flexibility index (Phi) is 6.56. The number of nitrogens with one attached hydrogen (secondary N) is 1. The molecule has 0 bridgehead atoms. The topological polar surface area (TPSA) is 38.3 Å². The van der Waals surface area contributed by atoms with Crippen molar-refractivity contribution in [2.45, 2.75) is 70.9 Å². The van der Waals surface area contributed by atoms with E-state index < -0.39 is 0 Å². The molecule has 0 aromatic carbocycles. The van der Waals surface area contributed by atoms with Crippen LogP contribution in [0.3, 0.4) is 0 Å². The molecule has 17 heavy (non-hydrogen) atoms. The number of methoxy groups -OCH3 is 1. The largest absolute Gasteiger partial charge is 0.468 e. The van der Waals surface area contributed by atoms with Gasteiger partial charge in [0, 0.05) is 6.04 Å². The lowest BCUT2D eigenvalue weighted by atomic mass is 9.92. The predicted molar refractivity (Wildman–Crippen MR) is 69.9 cm³/mol. The van der Waals surface area contributed by atoms with Crippen molar-refractivity contribution in [3.63, 3.8) is 0 Å². The number of hydrogen-bond donors (Lipinski definition) is 1. The molecule has 0 saturated heterocycles. The molecule has 0 amide bonds. The van der Waals surface area contributed by atoms with E-state index in [0.29, 0.717) is 6.04 Å². The smallest absolute Gasteiger partial charge is 0.322 e. The molecule has 0 radical (unpaired) electrons. The first-order valence-corrected chi connectivity index (χ1v) is 7.03. The molecule has 0 aliphatic heterocycles. The zero-order valence-electron chi connectivity index (χ0n) is 11.5. The van der Waals surface area contributed by atoms with Gasteiger partial charge >= 0.3 is 5.97 Å². The average Bonchev–Trinajstić information content (AvgIpc) is 2.63. The van der Waals surface area contributed by atoms with E-state index in [0.717, 1.165) is 12.3 Å². The average molecular weight is 241 g/mol. The Morgan fingerprint density at radius 1 is 1.29 bits per heavy atom. The Bertz CT molecular complexity index is 222. The van der Waals surface area contributed by atoms with E-state index >= 15 is 0 Å². The lowest BCUT2D eigenvalue weighted by Crippen LogP contribution is -2.45. The van der Waals surface area contributed by atoms with Crippen molar-refractivity contribution < 1.29 is 9.53 Å². The Labute approximate surface area is 105 Å². The normalized spacial score (nSPS) is 21.6. The molecule has 1 aliphatic carbocycles. The van der Waals surface area contributed by atoms with Gasteiger partial charge in [-0.15, -0.1) is 0 Å². The molecule has 0 spiro atoms. The van der Waals surface area contributed by atoms with E-state index in [4.69, 9.17) is 4.74 Å². The van der Waals surface area contributed by atoms with Crippen LogP contribution in [-0.4, -0.2) is 25.2 Å². The molecule has 1 aliphatic rings. The van der Waals surface area contributed by atoms with Gasteiger partial charge in [-0.05, 0) is 32.1 Å². The third kappa shape index (κ3) is 4.66. The molecule has 0 aromatic rings. The minimum Gasteiger partial charge on any atom is -0.468 e. The molecular formula is C14H27NO2. The van der Waals surface area contributed by atoms with E-state index in [-0.39, 0.29) is 12.0 Å². The van der Waals surface area contributed by atoms with Crippen molar-refractivity contribution in [2.75, 3.05) is 7.11 Å². The first kappa shape index (κ1) is 14.5. The van der Waals surface area contributed by atoms with E-state index in [1.54, 1.807) is 0 Å². The minimum atomic E-state index is -0.141. The molecule has 1 N–H and O–H groups in total. The third-order valence-electron chi connectivity index (χ3n) is 3.96. The van der Waals surface area contributed by atoms with Crippen LogP contribution in [0.4, 0.5) is 0 Å². The van der Waals surface area contributed by atoms with Gasteiger partial charge in [0.1, 0.15) is 6.04 Å². The van der Waals surface area contributed by atoms with Crippen molar-refractivity contribution in [1.29, 1.82) is 0 Å². The Hall–Kier alpha value is -0.570. The molecule has 100 valence electrons. The third-order valence-corrected chi connectivity index (χ3v) is 3.96. The maximum atomic E-state index is 11.5. The summed E-state index contributed by atoms with van der Waals surface area (Å²) in [5, 5.41) is 3.44. The number of esters is 1. The molecule has 1 fully saturated rings. The highest BCUT2D eigenvalue weighted by Crippen LogP contribution is 2.25. The van der Waals surface area contributed by atoms with E-state index in [1.807, 2.05) is 6.92 Å². The molecule has 1 rings (SSSR count). The summed E-state index contributed by atoms with van der Waals surface area (Å²) in [7, 11) is 1.46. The molecule has 1 unspecified atom stereocenters. The fourth-order valence-corrected chi connectivity index (χ4v) is 2.76. The van der Waals surface area contributed by atoms with Crippen molar-refractivity contribution in [1.82, 2.24) is 5.32 Å². The first-order valence-electron chi connectivity index (χ1n) is 7.03. The van der Waals surface area contributed by atoms with Crippen molar-refractivity contribution in [2.24, 2.45) is 5.92 Å². The van der Waals surface area contributed by atoms with Crippen LogP contribution in [0, 0.1) is 5.92 Å². The number of carbonyl (C=O) groups is 1. The predicted octanol–water partition coefficient (Wildman–Crippen LogP) is 2.89. The second-order valence-electron chi connectivity index (χ2n) is 5.19.